The molecule has 0 spiro atoms. The molecule has 0 aromatic carbocycles. The molecule has 12 heavy (non-hydrogen) atoms. The first-order chi connectivity index (χ1) is 5.74. The Morgan fingerprint density at radius 3 is 2.92 bits per heavy atom. The molecule has 0 aliphatic heterocycles. The van der Waals surface area contributed by atoms with E-state index in [1.54, 1.807) is 23.6 Å². The number of nitrogens with zero attached hydrogens (tertiary/aromatic N) is 1. The summed E-state index contributed by atoms with van der Waals surface area (Å²) in [6.45, 7) is 0. The number of carboxylic acids is 1. The van der Waals surface area contributed by atoms with Crippen LogP contribution in [0.3, 0.4) is 0 Å². The molecule has 0 unspecified atom stereocenters. The monoisotopic (exact) mass is 178 g/mol. The molecule has 0 bridgehead atoms. The third-order valence-electron chi connectivity index (χ3n) is 1.17. The van der Waals surface area contributed by atoms with Gasteiger partial charge in [0.2, 0.25) is 0 Å². The Labute approximate surface area is 73.2 Å². The maximum Gasteiger partial charge on any atom is 0.101 e. The van der Waals surface area contributed by atoms with Gasteiger partial charge in [-0.25, -0.2) is 0 Å². The van der Waals surface area contributed by atoms with Gasteiger partial charge in [-0.2, -0.15) is 5.26 Å². The van der Waals surface area contributed by atoms with Crippen molar-refractivity contribution in [1.29, 1.82) is 5.26 Å². The van der Waals surface area contributed by atoms with Crippen LogP contribution >= 0.6 is 11.3 Å². The molecule has 0 saturated carbocycles. The number of carbonyl (C=O) groups excluding carboxylic acids is 1. The van der Waals surface area contributed by atoms with Crippen LogP contribution in [0.1, 0.15) is 4.88 Å². The summed E-state index contributed by atoms with van der Waals surface area (Å²) in [5, 5.41) is 20.4. The molecule has 1 aromatic heterocycles. The number of rotatable bonds is 2. The fraction of sp³-hybridized carbons (Fsp3) is 0. The Hall–Kier alpha value is -1.60. The van der Waals surface area contributed by atoms with Crippen molar-refractivity contribution >= 4 is 22.9 Å². The van der Waals surface area contributed by atoms with E-state index < -0.39 is 5.97 Å². The van der Waals surface area contributed by atoms with Gasteiger partial charge in [-0.1, -0.05) is 6.07 Å². The van der Waals surface area contributed by atoms with E-state index in [9.17, 15) is 9.90 Å². The summed E-state index contributed by atoms with van der Waals surface area (Å²) in [5.41, 5.74) is 0.130. The second-order valence-electron chi connectivity index (χ2n) is 1.97. The zero-order valence-corrected chi connectivity index (χ0v) is 6.80. The van der Waals surface area contributed by atoms with Gasteiger partial charge in [-0.3, -0.25) is 0 Å². The molecule has 0 fully saturated rings. The maximum atomic E-state index is 10.1. The molecule has 0 amide bonds. The van der Waals surface area contributed by atoms with Gasteiger partial charge in [0.1, 0.15) is 6.07 Å². The lowest BCUT2D eigenvalue weighted by molar-refractivity contribution is -0.297. The Morgan fingerprint density at radius 2 is 2.50 bits per heavy atom. The molecule has 1 rings (SSSR count). The maximum absolute atomic E-state index is 10.1. The Kier molecular flexibility index (Phi) is 2.62. The third-order valence-corrected chi connectivity index (χ3v) is 2.07. The first-order valence-corrected chi connectivity index (χ1v) is 3.98. The number of carboxylic acid groups (broad SMARTS) is 1. The zero-order chi connectivity index (χ0) is 8.97. The van der Waals surface area contributed by atoms with Gasteiger partial charge in [-0.15, -0.1) is 11.3 Å². The highest BCUT2D eigenvalue weighted by Gasteiger charge is 1.99. The molecule has 1 aromatic rings. The minimum absolute atomic E-state index is 0.130. The highest BCUT2D eigenvalue weighted by molar-refractivity contribution is 7.11. The predicted octanol–water partition coefficient (Wildman–Crippen LogP) is 0.405. The average molecular weight is 178 g/mol. The average Bonchev–Trinajstić information content (AvgIpc) is 2.51. The van der Waals surface area contributed by atoms with Gasteiger partial charge in [0.05, 0.1) is 11.5 Å². The topological polar surface area (TPSA) is 63.9 Å². The number of carbonyl (C=O) groups is 1. The van der Waals surface area contributed by atoms with Crippen LogP contribution in [0.25, 0.3) is 5.57 Å². The molecule has 3 nitrogen and oxygen atoms in total. The van der Waals surface area contributed by atoms with Crippen molar-refractivity contribution in [2.75, 3.05) is 0 Å². The lowest BCUT2D eigenvalue weighted by Crippen LogP contribution is -2.19. The van der Waals surface area contributed by atoms with Gasteiger partial charge >= 0.3 is 0 Å². The Bertz CT molecular complexity index is 346. The van der Waals surface area contributed by atoms with Crippen LogP contribution in [-0.2, 0) is 4.79 Å². The molecule has 1 heterocycles. The number of hydrogen-bond acceptors (Lipinski definition) is 4. The highest BCUT2D eigenvalue weighted by Crippen LogP contribution is 2.18. The normalized spacial score (nSPS) is 10.8. The second-order valence-corrected chi connectivity index (χ2v) is 2.91. The van der Waals surface area contributed by atoms with E-state index in [0.29, 0.717) is 4.88 Å². The van der Waals surface area contributed by atoms with Crippen molar-refractivity contribution in [3.63, 3.8) is 0 Å². The van der Waals surface area contributed by atoms with E-state index >= 15 is 0 Å². The predicted molar refractivity (Wildman–Crippen MR) is 42.9 cm³/mol. The quantitative estimate of drug-likeness (QED) is 0.486. The van der Waals surface area contributed by atoms with Crippen molar-refractivity contribution in [2.45, 2.75) is 0 Å². The molecular weight excluding hydrogens is 174 g/mol. The molecule has 0 saturated heterocycles. The van der Waals surface area contributed by atoms with Crippen molar-refractivity contribution in [3.05, 3.63) is 28.5 Å². The van der Waals surface area contributed by atoms with E-state index in [1.165, 1.54) is 11.3 Å². The van der Waals surface area contributed by atoms with Crippen LogP contribution in [-0.4, -0.2) is 5.97 Å². The molecule has 0 aliphatic rings. The number of thiophene rings is 1. The number of aliphatic carboxylic acids is 1. The highest BCUT2D eigenvalue weighted by atomic mass is 32.1. The molecule has 0 N–H and O–H groups in total. The number of allylic oxidation sites excluding steroid dienone is 1. The van der Waals surface area contributed by atoms with Crippen molar-refractivity contribution in [3.8, 4) is 6.07 Å². The smallest absolute Gasteiger partial charge is 0.101 e. The SMILES string of the molecule is N#C/C(=C\C(=O)[O-])c1cccs1. The van der Waals surface area contributed by atoms with Gasteiger partial charge in [-0.05, 0) is 17.5 Å². The lowest BCUT2D eigenvalue weighted by atomic mass is 10.2. The van der Waals surface area contributed by atoms with E-state index in [2.05, 4.69) is 0 Å². The summed E-state index contributed by atoms with van der Waals surface area (Å²) >= 11 is 1.32. The molecule has 60 valence electrons. The fourth-order valence-electron chi connectivity index (χ4n) is 0.708. The van der Waals surface area contributed by atoms with E-state index in [1.807, 2.05) is 0 Å². The fourth-order valence-corrected chi connectivity index (χ4v) is 1.40. The first kappa shape index (κ1) is 8.50. The van der Waals surface area contributed by atoms with Crippen LogP contribution in [0, 0.1) is 11.3 Å². The number of nitriles is 1. The minimum atomic E-state index is -1.35. The Balaban J connectivity index is 3.01. The van der Waals surface area contributed by atoms with Gasteiger partial charge < -0.3 is 9.90 Å². The summed E-state index contributed by atoms with van der Waals surface area (Å²) in [4.78, 5) is 10.8. The van der Waals surface area contributed by atoms with Crippen molar-refractivity contribution in [2.24, 2.45) is 0 Å². The van der Waals surface area contributed by atoms with Crippen LogP contribution in [0.5, 0.6) is 0 Å². The summed E-state index contributed by atoms with van der Waals surface area (Å²) in [6.07, 6.45) is 0.797. The molecular formula is C8H4NO2S-. The summed E-state index contributed by atoms with van der Waals surface area (Å²) in [5.74, 6) is -1.35. The second kappa shape index (κ2) is 3.69. The van der Waals surface area contributed by atoms with Gasteiger partial charge in [0, 0.05) is 4.88 Å². The van der Waals surface area contributed by atoms with Crippen molar-refractivity contribution in [1.82, 2.24) is 0 Å². The summed E-state index contributed by atoms with van der Waals surface area (Å²) in [7, 11) is 0. The molecule has 0 radical (unpaired) electrons. The minimum Gasteiger partial charge on any atom is -0.545 e. The van der Waals surface area contributed by atoms with Crippen LogP contribution in [0.4, 0.5) is 0 Å². The summed E-state index contributed by atoms with van der Waals surface area (Å²) < 4.78 is 0. The zero-order valence-electron chi connectivity index (χ0n) is 5.98. The van der Waals surface area contributed by atoms with Crippen LogP contribution in [0.15, 0.2) is 23.6 Å². The van der Waals surface area contributed by atoms with Gasteiger partial charge in [0.25, 0.3) is 0 Å². The first-order valence-electron chi connectivity index (χ1n) is 3.10. The number of hydrogen-bond donors (Lipinski definition) is 0. The third kappa shape index (κ3) is 1.94. The van der Waals surface area contributed by atoms with Crippen LogP contribution in [0.2, 0.25) is 0 Å². The van der Waals surface area contributed by atoms with Gasteiger partial charge in [0.15, 0.2) is 0 Å². The van der Waals surface area contributed by atoms with E-state index in [-0.39, 0.29) is 5.57 Å². The Morgan fingerprint density at radius 1 is 1.75 bits per heavy atom. The largest absolute Gasteiger partial charge is 0.545 e. The van der Waals surface area contributed by atoms with E-state index in [4.69, 9.17) is 5.26 Å². The standard InChI is InChI=1S/C8H5NO2S/c9-5-6(4-8(10)11)7-2-1-3-12-7/h1-4H,(H,10,11)/p-1/b6-4+. The van der Waals surface area contributed by atoms with Crippen LogP contribution < -0.4 is 5.11 Å². The molecule has 4 heteroatoms. The summed E-state index contributed by atoms with van der Waals surface area (Å²) in [6, 6.07) is 5.22. The van der Waals surface area contributed by atoms with E-state index in [0.717, 1.165) is 6.08 Å². The van der Waals surface area contributed by atoms with Crippen molar-refractivity contribution < 1.29 is 9.90 Å². The molecule has 0 aliphatic carbocycles. The lowest BCUT2D eigenvalue weighted by Gasteiger charge is -1.94. The molecule has 0 atom stereocenters.